The zero-order valence-corrected chi connectivity index (χ0v) is 14.0. The van der Waals surface area contributed by atoms with Gasteiger partial charge in [-0.1, -0.05) is 0 Å². The summed E-state index contributed by atoms with van der Waals surface area (Å²) in [5.74, 6) is 0.814. The number of aromatic nitrogens is 2. The lowest BCUT2D eigenvalue weighted by molar-refractivity contribution is 0.0523. The molecule has 1 atom stereocenters. The molecule has 0 N–H and O–H groups in total. The molecule has 1 amide bonds. The van der Waals surface area contributed by atoms with Crippen LogP contribution < -0.4 is 9.47 Å². The topological polar surface area (TPSA) is 64.6 Å². The van der Waals surface area contributed by atoms with Gasteiger partial charge in [-0.2, -0.15) is 0 Å². The maximum absolute atomic E-state index is 12.6. The first kappa shape index (κ1) is 15.7. The number of aryl methyl sites for hydroxylation is 1. The molecule has 0 aromatic carbocycles. The molecule has 2 aromatic rings. The number of hydrogen-bond donors (Lipinski definition) is 0. The summed E-state index contributed by atoms with van der Waals surface area (Å²) in [5.41, 5.74) is 1.12. The lowest BCUT2D eigenvalue weighted by Crippen LogP contribution is -2.44. The number of nitrogens with zero attached hydrogens (tertiary/aromatic N) is 3. The van der Waals surface area contributed by atoms with E-state index in [1.807, 2.05) is 23.3 Å². The van der Waals surface area contributed by atoms with Gasteiger partial charge in [0.25, 0.3) is 17.7 Å². The Balaban J connectivity index is 1.67. The minimum absolute atomic E-state index is 0.0718. The summed E-state index contributed by atoms with van der Waals surface area (Å²) in [5, 5.41) is 2.00. The van der Waals surface area contributed by atoms with Crippen molar-refractivity contribution >= 4 is 17.2 Å². The maximum atomic E-state index is 12.6. The van der Waals surface area contributed by atoms with Crippen molar-refractivity contribution in [2.45, 2.75) is 25.9 Å². The summed E-state index contributed by atoms with van der Waals surface area (Å²) < 4.78 is 11.1. The van der Waals surface area contributed by atoms with Crippen LogP contribution in [0.5, 0.6) is 11.8 Å². The minimum Gasteiger partial charge on any atom is -0.477 e. The maximum Gasteiger partial charge on any atom is 0.278 e. The highest BCUT2D eigenvalue weighted by atomic mass is 32.1. The van der Waals surface area contributed by atoms with Crippen molar-refractivity contribution in [3.8, 4) is 11.8 Å². The standard InChI is InChI=1S/C16H19N3O3S/c1-11-8-13(23-10-11)16(20)19-7-3-4-12(9-19)22-15-14(21-2)17-5-6-18-15/h5-6,8,10,12H,3-4,7,9H2,1-2H3. The number of piperidine rings is 1. The number of hydrogen-bond acceptors (Lipinski definition) is 6. The van der Waals surface area contributed by atoms with Crippen molar-refractivity contribution in [3.63, 3.8) is 0 Å². The zero-order chi connectivity index (χ0) is 16.2. The lowest BCUT2D eigenvalue weighted by atomic mass is 10.1. The SMILES string of the molecule is COc1nccnc1OC1CCCN(C(=O)c2cc(C)cs2)C1. The first-order chi connectivity index (χ1) is 11.2. The fraction of sp³-hybridized carbons (Fsp3) is 0.438. The Bertz CT molecular complexity index is 689. The first-order valence-electron chi connectivity index (χ1n) is 7.53. The summed E-state index contributed by atoms with van der Waals surface area (Å²) in [4.78, 5) is 23.4. The van der Waals surface area contributed by atoms with E-state index in [0.29, 0.717) is 18.3 Å². The van der Waals surface area contributed by atoms with E-state index in [1.54, 1.807) is 12.4 Å². The van der Waals surface area contributed by atoms with E-state index < -0.39 is 0 Å². The number of ether oxygens (including phenoxy) is 2. The number of methoxy groups -OCH3 is 1. The van der Waals surface area contributed by atoms with E-state index in [0.717, 1.165) is 29.8 Å². The fourth-order valence-corrected chi connectivity index (χ4v) is 3.47. The monoisotopic (exact) mass is 333 g/mol. The highest BCUT2D eigenvalue weighted by molar-refractivity contribution is 7.12. The number of carbonyl (C=O) groups excluding carboxylic acids is 1. The van der Waals surface area contributed by atoms with Gasteiger partial charge in [-0.05, 0) is 36.8 Å². The number of likely N-dealkylation sites (tertiary alicyclic amines) is 1. The molecule has 1 aliphatic heterocycles. The molecule has 122 valence electrons. The van der Waals surface area contributed by atoms with Gasteiger partial charge in [0.1, 0.15) is 6.10 Å². The molecule has 0 aliphatic carbocycles. The molecule has 23 heavy (non-hydrogen) atoms. The Morgan fingerprint density at radius 2 is 2.13 bits per heavy atom. The van der Waals surface area contributed by atoms with Crippen LogP contribution in [0.2, 0.25) is 0 Å². The summed E-state index contributed by atoms with van der Waals surface area (Å²) in [6, 6.07) is 1.93. The molecular weight excluding hydrogens is 314 g/mol. The van der Waals surface area contributed by atoms with Crippen LogP contribution in [0.15, 0.2) is 23.8 Å². The average molecular weight is 333 g/mol. The molecule has 2 aromatic heterocycles. The molecule has 1 unspecified atom stereocenters. The summed E-state index contributed by atoms with van der Waals surface area (Å²) in [7, 11) is 1.53. The largest absolute Gasteiger partial charge is 0.477 e. The third kappa shape index (κ3) is 3.61. The van der Waals surface area contributed by atoms with E-state index in [2.05, 4.69) is 9.97 Å². The molecule has 1 aliphatic rings. The second kappa shape index (κ2) is 6.95. The third-order valence-corrected chi connectivity index (χ3v) is 4.75. The number of rotatable bonds is 4. The molecular formula is C16H19N3O3S. The zero-order valence-electron chi connectivity index (χ0n) is 13.2. The van der Waals surface area contributed by atoms with E-state index in [-0.39, 0.29) is 12.0 Å². The predicted molar refractivity (Wildman–Crippen MR) is 87.2 cm³/mol. The van der Waals surface area contributed by atoms with Gasteiger partial charge in [0.2, 0.25) is 0 Å². The Morgan fingerprint density at radius 1 is 1.35 bits per heavy atom. The Hall–Kier alpha value is -2.15. The first-order valence-corrected chi connectivity index (χ1v) is 8.41. The predicted octanol–water partition coefficient (Wildman–Crippen LogP) is 2.54. The van der Waals surface area contributed by atoms with E-state index in [1.165, 1.54) is 18.4 Å². The average Bonchev–Trinajstić information content (AvgIpc) is 3.01. The van der Waals surface area contributed by atoms with Crippen molar-refractivity contribution in [2.24, 2.45) is 0 Å². The molecule has 3 heterocycles. The summed E-state index contributed by atoms with van der Waals surface area (Å²) in [6.07, 6.45) is 4.81. The number of carbonyl (C=O) groups is 1. The summed E-state index contributed by atoms with van der Waals surface area (Å²) >= 11 is 1.49. The highest BCUT2D eigenvalue weighted by Gasteiger charge is 2.27. The van der Waals surface area contributed by atoms with Crippen LogP contribution in [0, 0.1) is 6.92 Å². The van der Waals surface area contributed by atoms with Crippen LogP contribution >= 0.6 is 11.3 Å². The van der Waals surface area contributed by atoms with E-state index in [4.69, 9.17) is 9.47 Å². The van der Waals surface area contributed by atoms with Gasteiger partial charge in [-0.25, -0.2) is 9.97 Å². The van der Waals surface area contributed by atoms with Crippen molar-refractivity contribution in [1.82, 2.24) is 14.9 Å². The van der Waals surface area contributed by atoms with Gasteiger partial charge in [0.05, 0.1) is 18.5 Å². The van der Waals surface area contributed by atoms with Crippen LogP contribution in [0.1, 0.15) is 28.1 Å². The number of amides is 1. The van der Waals surface area contributed by atoms with Crippen molar-refractivity contribution in [2.75, 3.05) is 20.2 Å². The van der Waals surface area contributed by atoms with Crippen LogP contribution in [0.4, 0.5) is 0 Å². The van der Waals surface area contributed by atoms with Gasteiger partial charge >= 0.3 is 0 Å². The second-order valence-electron chi connectivity index (χ2n) is 5.49. The van der Waals surface area contributed by atoms with Crippen molar-refractivity contribution in [3.05, 3.63) is 34.3 Å². The lowest BCUT2D eigenvalue weighted by Gasteiger charge is -2.32. The Labute approximate surface area is 139 Å². The molecule has 0 radical (unpaired) electrons. The minimum atomic E-state index is -0.0978. The number of thiophene rings is 1. The fourth-order valence-electron chi connectivity index (χ4n) is 2.61. The van der Waals surface area contributed by atoms with Crippen LogP contribution in [0.3, 0.4) is 0 Å². The van der Waals surface area contributed by atoms with E-state index >= 15 is 0 Å². The normalized spacial score (nSPS) is 17.8. The molecule has 1 fully saturated rings. The smallest absolute Gasteiger partial charge is 0.278 e. The van der Waals surface area contributed by atoms with Gasteiger partial charge in [0, 0.05) is 18.9 Å². The van der Waals surface area contributed by atoms with Gasteiger partial charge in [0.15, 0.2) is 0 Å². The van der Waals surface area contributed by atoms with Crippen molar-refractivity contribution in [1.29, 1.82) is 0 Å². The molecule has 1 saturated heterocycles. The second-order valence-corrected chi connectivity index (χ2v) is 6.40. The quantitative estimate of drug-likeness (QED) is 0.860. The molecule has 6 nitrogen and oxygen atoms in total. The molecule has 0 bridgehead atoms. The molecule has 0 spiro atoms. The molecule has 3 rings (SSSR count). The molecule has 7 heteroatoms. The van der Waals surface area contributed by atoms with Gasteiger partial charge < -0.3 is 14.4 Å². The summed E-state index contributed by atoms with van der Waals surface area (Å²) in [6.45, 7) is 3.30. The van der Waals surface area contributed by atoms with Gasteiger partial charge in [-0.15, -0.1) is 11.3 Å². The molecule has 0 saturated carbocycles. The van der Waals surface area contributed by atoms with Gasteiger partial charge in [-0.3, -0.25) is 4.79 Å². The van der Waals surface area contributed by atoms with Crippen molar-refractivity contribution < 1.29 is 14.3 Å². The van der Waals surface area contributed by atoms with E-state index in [9.17, 15) is 4.79 Å². The van der Waals surface area contributed by atoms with Crippen LogP contribution in [0.25, 0.3) is 0 Å². The third-order valence-electron chi connectivity index (χ3n) is 3.71. The van der Waals surface area contributed by atoms with Crippen LogP contribution in [-0.2, 0) is 0 Å². The van der Waals surface area contributed by atoms with Crippen LogP contribution in [-0.4, -0.2) is 47.1 Å². The Morgan fingerprint density at radius 3 is 2.83 bits per heavy atom. The Kier molecular flexibility index (Phi) is 4.76. The highest BCUT2D eigenvalue weighted by Crippen LogP contribution is 2.25.